The summed E-state index contributed by atoms with van der Waals surface area (Å²) < 4.78 is 2.37. The third-order valence-corrected chi connectivity index (χ3v) is 4.04. The van der Waals surface area contributed by atoms with Gasteiger partial charge in [-0.25, -0.2) is 0 Å². The molecule has 1 aromatic rings. The van der Waals surface area contributed by atoms with Crippen molar-refractivity contribution in [3.63, 3.8) is 0 Å². The molecule has 0 spiro atoms. The molecule has 0 saturated carbocycles. The van der Waals surface area contributed by atoms with Crippen LogP contribution in [0.5, 0.6) is 5.75 Å². The van der Waals surface area contributed by atoms with Crippen molar-refractivity contribution < 1.29 is 4.74 Å². The average molecular weight is 272 g/mol. The second-order valence-corrected chi connectivity index (χ2v) is 5.85. The zero-order valence-electron chi connectivity index (χ0n) is 6.94. The molecule has 0 unspecified atom stereocenters. The van der Waals surface area contributed by atoms with Gasteiger partial charge in [-0.15, -0.1) is 0 Å². The Morgan fingerprint density at radius 1 is 1.07 bits per heavy atom. The van der Waals surface area contributed by atoms with Crippen LogP contribution in [-0.2, 0) is 6.42 Å². The first-order chi connectivity index (χ1) is 6.42. The van der Waals surface area contributed by atoms with Gasteiger partial charge in [0.05, 0.1) is 0 Å². The van der Waals surface area contributed by atoms with Gasteiger partial charge in [-0.1, -0.05) is 64.6 Å². The Balaban J connectivity index is 2.46. The first kappa shape index (κ1) is 10.7. The van der Waals surface area contributed by atoms with Crippen LogP contribution in [-0.4, -0.2) is 8.85 Å². The Labute approximate surface area is 102 Å². The van der Waals surface area contributed by atoms with Crippen LogP contribution in [0.4, 0.5) is 0 Å². The summed E-state index contributed by atoms with van der Waals surface area (Å²) in [5.74, 6) is 0.620. The molecule has 1 heterocycles. The number of rotatable bonds is 0. The van der Waals surface area contributed by atoms with Gasteiger partial charge < -0.3 is 4.74 Å². The topological polar surface area (TPSA) is 9.23 Å². The van der Waals surface area contributed by atoms with Gasteiger partial charge in [0.1, 0.15) is 5.75 Å². The summed E-state index contributed by atoms with van der Waals surface area (Å²) in [5, 5.41) is 0. The van der Waals surface area contributed by atoms with Crippen molar-refractivity contribution in [2.45, 2.75) is 15.3 Å². The highest BCUT2D eigenvalue weighted by atomic mass is 35.5. The minimum Gasteiger partial charge on any atom is -0.455 e. The summed E-state index contributed by atoms with van der Waals surface area (Å²) in [7, 11) is 0. The number of halogens is 4. The molecule has 0 saturated heterocycles. The highest BCUT2D eigenvalue weighted by Gasteiger charge is 2.53. The first-order valence-corrected chi connectivity index (χ1v) is 5.46. The van der Waals surface area contributed by atoms with Crippen molar-refractivity contribution in [3.05, 3.63) is 29.8 Å². The Kier molecular flexibility index (Phi) is 2.55. The number of hydrogen-bond donors (Lipinski definition) is 0. The SMILES string of the molecule is ClC1(Cl)Cc2ccccc2OC1(Cl)Cl. The molecule has 0 fully saturated rings. The third kappa shape index (κ3) is 1.67. The molecule has 0 aliphatic carbocycles. The number of ether oxygens (including phenoxy) is 1. The summed E-state index contributed by atoms with van der Waals surface area (Å²) >= 11 is 23.7. The molecule has 1 aliphatic rings. The van der Waals surface area contributed by atoms with E-state index >= 15 is 0 Å². The fourth-order valence-corrected chi connectivity index (χ4v) is 1.97. The van der Waals surface area contributed by atoms with Crippen LogP contribution >= 0.6 is 46.4 Å². The van der Waals surface area contributed by atoms with E-state index < -0.39 is 8.85 Å². The van der Waals surface area contributed by atoms with Gasteiger partial charge in [-0.2, -0.15) is 0 Å². The van der Waals surface area contributed by atoms with Crippen LogP contribution in [0.15, 0.2) is 24.3 Å². The van der Waals surface area contributed by atoms with E-state index in [0.29, 0.717) is 12.2 Å². The standard InChI is InChI=1S/C9H6Cl4O/c10-8(11)5-6-3-1-2-4-7(6)14-9(8,12)13/h1-4H,5H2. The maximum absolute atomic E-state index is 5.97. The summed E-state index contributed by atoms with van der Waals surface area (Å²) in [6.07, 6.45) is 0.360. The van der Waals surface area contributed by atoms with E-state index in [0.717, 1.165) is 5.56 Å². The van der Waals surface area contributed by atoms with E-state index in [9.17, 15) is 0 Å². The average Bonchev–Trinajstić information content (AvgIpc) is 2.05. The predicted octanol–water partition coefficient (Wildman–Crippen LogP) is 3.93. The smallest absolute Gasteiger partial charge is 0.291 e. The van der Waals surface area contributed by atoms with E-state index in [4.69, 9.17) is 51.1 Å². The molecule has 0 aromatic heterocycles. The maximum Gasteiger partial charge on any atom is 0.291 e. The van der Waals surface area contributed by atoms with Crippen molar-refractivity contribution in [1.29, 1.82) is 0 Å². The lowest BCUT2D eigenvalue weighted by molar-refractivity contribution is 0.200. The number of fused-ring (bicyclic) bond motifs is 1. The monoisotopic (exact) mass is 270 g/mol. The summed E-state index contributed by atoms with van der Waals surface area (Å²) in [6, 6.07) is 7.36. The molecule has 1 nitrogen and oxygen atoms in total. The minimum atomic E-state index is -1.61. The molecule has 1 aromatic carbocycles. The number of para-hydroxylation sites is 1. The highest BCUT2D eigenvalue weighted by Crippen LogP contribution is 2.50. The highest BCUT2D eigenvalue weighted by molar-refractivity contribution is 6.62. The van der Waals surface area contributed by atoms with E-state index in [1.54, 1.807) is 6.07 Å². The quantitative estimate of drug-likeness (QED) is 0.650. The van der Waals surface area contributed by atoms with Crippen molar-refractivity contribution in [2.24, 2.45) is 0 Å². The van der Waals surface area contributed by atoms with Crippen LogP contribution in [0.2, 0.25) is 0 Å². The Hall–Kier alpha value is 0.180. The largest absolute Gasteiger partial charge is 0.455 e. The first-order valence-electron chi connectivity index (χ1n) is 3.95. The molecule has 14 heavy (non-hydrogen) atoms. The fourth-order valence-electron chi connectivity index (χ4n) is 1.30. The van der Waals surface area contributed by atoms with Gasteiger partial charge in [0.25, 0.3) is 4.52 Å². The molecule has 5 heteroatoms. The van der Waals surface area contributed by atoms with Gasteiger partial charge in [0.15, 0.2) is 4.33 Å². The van der Waals surface area contributed by atoms with Crippen LogP contribution in [0.3, 0.4) is 0 Å². The van der Waals surface area contributed by atoms with E-state index in [1.807, 2.05) is 18.2 Å². The Morgan fingerprint density at radius 2 is 1.71 bits per heavy atom. The van der Waals surface area contributed by atoms with E-state index in [-0.39, 0.29) is 0 Å². The van der Waals surface area contributed by atoms with Gasteiger partial charge >= 0.3 is 0 Å². The Bertz CT molecular complexity index is 327. The van der Waals surface area contributed by atoms with Gasteiger partial charge in [-0.05, 0) is 11.6 Å². The number of benzene rings is 1. The molecular weight excluding hydrogens is 266 g/mol. The van der Waals surface area contributed by atoms with Crippen molar-refractivity contribution in [1.82, 2.24) is 0 Å². The molecule has 0 amide bonds. The van der Waals surface area contributed by atoms with E-state index in [1.165, 1.54) is 0 Å². The lowest BCUT2D eigenvalue weighted by Gasteiger charge is -2.37. The van der Waals surface area contributed by atoms with Crippen molar-refractivity contribution in [2.75, 3.05) is 0 Å². The zero-order valence-corrected chi connectivity index (χ0v) is 9.96. The van der Waals surface area contributed by atoms with Crippen molar-refractivity contribution >= 4 is 46.4 Å². The van der Waals surface area contributed by atoms with Crippen molar-refractivity contribution in [3.8, 4) is 5.75 Å². The molecule has 0 atom stereocenters. The minimum absolute atomic E-state index is 0.360. The lowest BCUT2D eigenvalue weighted by Crippen LogP contribution is -2.46. The molecule has 1 aliphatic heterocycles. The predicted molar refractivity (Wildman–Crippen MR) is 59.6 cm³/mol. The third-order valence-electron chi connectivity index (χ3n) is 2.05. The second-order valence-electron chi connectivity index (χ2n) is 3.11. The maximum atomic E-state index is 5.97. The van der Waals surface area contributed by atoms with Crippen LogP contribution < -0.4 is 4.74 Å². The molecule has 2 rings (SSSR count). The molecule has 0 N–H and O–H groups in total. The van der Waals surface area contributed by atoms with Crippen LogP contribution in [0.25, 0.3) is 0 Å². The Morgan fingerprint density at radius 3 is 2.43 bits per heavy atom. The van der Waals surface area contributed by atoms with Gasteiger partial charge in [0.2, 0.25) is 0 Å². The van der Waals surface area contributed by atoms with Crippen LogP contribution in [0, 0.1) is 0 Å². The summed E-state index contributed by atoms with van der Waals surface area (Å²) in [6.45, 7) is 0. The molecule has 0 radical (unpaired) electrons. The number of hydrogen-bond acceptors (Lipinski definition) is 1. The van der Waals surface area contributed by atoms with Crippen LogP contribution in [0.1, 0.15) is 5.56 Å². The van der Waals surface area contributed by atoms with Gasteiger partial charge in [0, 0.05) is 6.42 Å². The second kappa shape index (κ2) is 3.34. The van der Waals surface area contributed by atoms with E-state index in [2.05, 4.69) is 0 Å². The lowest BCUT2D eigenvalue weighted by atomic mass is 10.1. The summed E-state index contributed by atoms with van der Waals surface area (Å²) in [4.78, 5) is 0. The molecule has 76 valence electrons. The molecular formula is C9H6Cl4O. The normalized spacial score (nSPS) is 22.3. The van der Waals surface area contributed by atoms with Gasteiger partial charge in [-0.3, -0.25) is 0 Å². The fraction of sp³-hybridized carbons (Fsp3) is 0.333. The molecule has 0 bridgehead atoms. The summed E-state index contributed by atoms with van der Waals surface area (Å²) in [5.41, 5.74) is 0.898. The zero-order chi connectivity index (χ0) is 10.4. The number of alkyl halides is 4.